The average molecular weight is 277 g/mol. The fourth-order valence-electron chi connectivity index (χ4n) is 2.83. The minimum atomic E-state index is -0.0209. The van der Waals surface area contributed by atoms with Crippen molar-refractivity contribution in [2.24, 2.45) is 27.4 Å². The lowest BCUT2D eigenvalue weighted by Crippen LogP contribution is -2.52. The summed E-state index contributed by atoms with van der Waals surface area (Å²) in [4.78, 5) is 0. The van der Waals surface area contributed by atoms with Crippen LogP contribution >= 0.6 is 0 Å². The number of rotatable bonds is 0. The van der Waals surface area contributed by atoms with Crippen molar-refractivity contribution >= 4 is 0 Å². The zero-order chi connectivity index (χ0) is 16.1. The van der Waals surface area contributed by atoms with Gasteiger partial charge in [-0.3, -0.25) is 0 Å². The Morgan fingerprint density at radius 1 is 0.900 bits per heavy atom. The summed E-state index contributed by atoms with van der Waals surface area (Å²) in [5, 5.41) is 0. The molecule has 2 atom stereocenters. The number of hydrogen-bond acceptors (Lipinski definition) is 1. The third-order valence-corrected chi connectivity index (χ3v) is 5.10. The molecule has 2 N–H and O–H groups in total. The summed E-state index contributed by atoms with van der Waals surface area (Å²) in [6.07, 6.45) is 4.80. The van der Waals surface area contributed by atoms with Gasteiger partial charge >= 0.3 is 0 Å². The fraction of sp³-hybridized carbons (Fsp3) is 0.789. The van der Waals surface area contributed by atoms with Gasteiger partial charge in [-0.1, -0.05) is 81.4 Å². The molecule has 0 aromatic rings. The van der Waals surface area contributed by atoms with Crippen LogP contribution in [-0.2, 0) is 0 Å². The van der Waals surface area contributed by atoms with Crippen molar-refractivity contribution in [2.75, 3.05) is 0 Å². The molecule has 0 bridgehead atoms. The van der Waals surface area contributed by atoms with E-state index in [-0.39, 0.29) is 27.7 Å². The fourth-order valence-corrected chi connectivity index (χ4v) is 2.83. The van der Waals surface area contributed by atoms with Crippen LogP contribution in [0.3, 0.4) is 0 Å². The van der Waals surface area contributed by atoms with Gasteiger partial charge in [0.05, 0.1) is 0 Å². The highest BCUT2D eigenvalue weighted by atomic mass is 14.7. The molecule has 20 heavy (non-hydrogen) atoms. The summed E-state index contributed by atoms with van der Waals surface area (Å²) in [5.41, 5.74) is 9.89. The van der Waals surface area contributed by atoms with Gasteiger partial charge in [0.1, 0.15) is 0 Å². The maximum Gasteiger partial charge on any atom is 0.0357 e. The first kappa shape index (κ1) is 17.5. The van der Waals surface area contributed by atoms with Crippen molar-refractivity contribution in [1.29, 1.82) is 0 Å². The second kappa shape index (κ2) is 4.73. The summed E-state index contributed by atoms with van der Waals surface area (Å²) in [7, 11) is 0. The van der Waals surface area contributed by atoms with E-state index in [2.05, 4.69) is 81.4 Å². The van der Waals surface area contributed by atoms with Crippen LogP contribution in [0.15, 0.2) is 23.3 Å². The first-order chi connectivity index (χ1) is 8.61. The zero-order valence-corrected chi connectivity index (χ0v) is 15.3. The largest absolute Gasteiger partial charge is 0.323 e. The van der Waals surface area contributed by atoms with E-state index in [1.807, 2.05) is 0 Å². The number of allylic oxidation sites excluding steroid dienone is 2. The van der Waals surface area contributed by atoms with Crippen LogP contribution in [0.2, 0.25) is 0 Å². The Morgan fingerprint density at radius 3 is 1.65 bits per heavy atom. The van der Waals surface area contributed by atoms with E-state index in [1.165, 1.54) is 11.1 Å². The van der Waals surface area contributed by atoms with Gasteiger partial charge in [0.2, 0.25) is 0 Å². The van der Waals surface area contributed by atoms with Crippen LogP contribution in [0.4, 0.5) is 0 Å². The minimum absolute atomic E-state index is 0.0209. The summed E-state index contributed by atoms with van der Waals surface area (Å²) < 4.78 is 0. The highest BCUT2D eigenvalue weighted by molar-refractivity contribution is 5.42. The maximum absolute atomic E-state index is 6.72. The molecule has 1 unspecified atom stereocenters. The molecule has 0 aromatic carbocycles. The van der Waals surface area contributed by atoms with E-state index in [4.69, 9.17) is 5.73 Å². The van der Waals surface area contributed by atoms with Crippen LogP contribution < -0.4 is 5.73 Å². The molecule has 1 aliphatic rings. The van der Waals surface area contributed by atoms with Crippen LogP contribution in [0.5, 0.6) is 0 Å². The molecule has 0 heterocycles. The Morgan fingerprint density at radius 2 is 1.35 bits per heavy atom. The van der Waals surface area contributed by atoms with Crippen LogP contribution in [0.1, 0.15) is 69.2 Å². The Hall–Kier alpha value is -0.560. The molecule has 0 saturated carbocycles. The first-order valence-electron chi connectivity index (χ1n) is 7.82. The van der Waals surface area contributed by atoms with Gasteiger partial charge in [0.25, 0.3) is 0 Å². The predicted octanol–water partition coefficient (Wildman–Crippen LogP) is 5.32. The maximum atomic E-state index is 6.72. The lowest BCUT2D eigenvalue weighted by Gasteiger charge is -2.51. The lowest BCUT2D eigenvalue weighted by atomic mass is 9.56. The molecule has 0 aromatic heterocycles. The first-order valence-corrected chi connectivity index (χ1v) is 7.82. The Labute approximate surface area is 126 Å². The molecular formula is C19H35N. The van der Waals surface area contributed by atoms with Crippen LogP contribution in [0, 0.1) is 21.7 Å². The normalized spacial score (nSPS) is 29.1. The smallest absolute Gasteiger partial charge is 0.0357 e. The van der Waals surface area contributed by atoms with E-state index in [9.17, 15) is 0 Å². The van der Waals surface area contributed by atoms with E-state index in [1.54, 1.807) is 0 Å². The van der Waals surface area contributed by atoms with Crippen molar-refractivity contribution in [3.8, 4) is 0 Å². The van der Waals surface area contributed by atoms with E-state index in [0.29, 0.717) is 0 Å². The predicted molar refractivity (Wildman–Crippen MR) is 90.6 cm³/mol. The molecule has 116 valence electrons. The highest BCUT2D eigenvalue weighted by Crippen LogP contribution is 2.51. The monoisotopic (exact) mass is 277 g/mol. The molecule has 0 saturated heterocycles. The van der Waals surface area contributed by atoms with Crippen molar-refractivity contribution in [3.63, 3.8) is 0 Å². The average Bonchev–Trinajstić information content (AvgIpc) is 2.16. The molecule has 1 rings (SSSR count). The summed E-state index contributed by atoms with van der Waals surface area (Å²) in [6.45, 7) is 22.9. The molecule has 1 heteroatoms. The van der Waals surface area contributed by atoms with Crippen molar-refractivity contribution < 1.29 is 0 Å². The number of nitrogens with two attached hydrogens (primary N) is 1. The summed E-state index contributed by atoms with van der Waals surface area (Å²) in [5.74, 6) is 0. The Kier molecular flexibility index (Phi) is 4.14. The second-order valence-corrected chi connectivity index (χ2v) is 9.71. The second-order valence-electron chi connectivity index (χ2n) is 9.71. The minimum Gasteiger partial charge on any atom is -0.323 e. The summed E-state index contributed by atoms with van der Waals surface area (Å²) >= 11 is 0. The van der Waals surface area contributed by atoms with Gasteiger partial charge in [0.15, 0.2) is 0 Å². The topological polar surface area (TPSA) is 26.0 Å². The molecule has 0 amide bonds. The Bertz CT molecular complexity index is 432. The molecule has 0 aliphatic heterocycles. The van der Waals surface area contributed by atoms with Gasteiger partial charge in [-0.2, -0.15) is 0 Å². The molecule has 1 aliphatic carbocycles. The number of hydrogen-bond donors (Lipinski definition) is 1. The third-order valence-electron chi connectivity index (χ3n) is 5.10. The third kappa shape index (κ3) is 3.03. The molecule has 0 fully saturated rings. The highest BCUT2D eigenvalue weighted by Gasteiger charge is 2.47. The van der Waals surface area contributed by atoms with Crippen LogP contribution in [0.25, 0.3) is 0 Å². The van der Waals surface area contributed by atoms with Gasteiger partial charge < -0.3 is 5.73 Å². The molecular weight excluding hydrogens is 242 g/mol. The SMILES string of the molecule is CC(C)(C)C1=C[C@](C)(C(C)(C)C)C(N)C(C(C)(C)C)=C1. The summed E-state index contributed by atoms with van der Waals surface area (Å²) in [6, 6.07) is 0.0774. The van der Waals surface area contributed by atoms with E-state index in [0.717, 1.165) is 0 Å². The zero-order valence-electron chi connectivity index (χ0n) is 15.3. The van der Waals surface area contributed by atoms with Crippen molar-refractivity contribution in [2.45, 2.75) is 75.3 Å². The van der Waals surface area contributed by atoms with E-state index >= 15 is 0 Å². The Balaban J connectivity index is 3.54. The van der Waals surface area contributed by atoms with Gasteiger partial charge in [0, 0.05) is 11.5 Å². The standard InChI is InChI=1S/C19H35N/c1-16(2,3)13-11-14(17(4,5)6)15(20)19(10,12-13)18(7,8)9/h11-12,15H,20H2,1-10H3/t15?,19-/m0/s1. The quantitative estimate of drug-likeness (QED) is 0.636. The molecule has 1 nitrogen and oxygen atoms in total. The van der Waals surface area contributed by atoms with Crippen molar-refractivity contribution in [1.82, 2.24) is 0 Å². The molecule has 0 spiro atoms. The van der Waals surface area contributed by atoms with Gasteiger partial charge in [-0.25, -0.2) is 0 Å². The van der Waals surface area contributed by atoms with Gasteiger partial charge in [-0.15, -0.1) is 0 Å². The van der Waals surface area contributed by atoms with E-state index < -0.39 is 0 Å². The lowest BCUT2D eigenvalue weighted by molar-refractivity contribution is 0.131. The van der Waals surface area contributed by atoms with Crippen molar-refractivity contribution in [3.05, 3.63) is 23.3 Å². The molecule has 0 radical (unpaired) electrons. The van der Waals surface area contributed by atoms with Gasteiger partial charge in [-0.05, 0) is 27.4 Å². The van der Waals surface area contributed by atoms with Crippen LogP contribution in [-0.4, -0.2) is 6.04 Å².